The predicted molar refractivity (Wildman–Crippen MR) is 56.5 cm³/mol. The van der Waals surface area contributed by atoms with Gasteiger partial charge in [-0.2, -0.15) is 0 Å². The van der Waals surface area contributed by atoms with Gasteiger partial charge in [-0.1, -0.05) is 0 Å². The monoisotopic (exact) mass is 210 g/mol. The van der Waals surface area contributed by atoms with Gasteiger partial charge in [0, 0.05) is 32.5 Å². The number of hydrogen-bond acceptors (Lipinski definition) is 3. The molecule has 0 aliphatic carbocycles. The van der Waals surface area contributed by atoms with Gasteiger partial charge in [0.1, 0.15) is 5.82 Å². The third-order valence-corrected chi connectivity index (χ3v) is 2.96. The molecule has 0 bridgehead atoms. The molecule has 4 nitrogen and oxygen atoms in total. The van der Waals surface area contributed by atoms with Crippen LogP contribution >= 0.6 is 0 Å². The fourth-order valence-corrected chi connectivity index (χ4v) is 1.98. The van der Waals surface area contributed by atoms with Gasteiger partial charge in [-0.3, -0.25) is 0 Å². The summed E-state index contributed by atoms with van der Waals surface area (Å²) >= 11 is 0. The van der Waals surface area contributed by atoms with Crippen LogP contribution in [0.4, 0.5) is 0 Å². The highest BCUT2D eigenvalue weighted by atomic mass is 16.5. The van der Waals surface area contributed by atoms with E-state index in [2.05, 4.69) is 4.98 Å². The third kappa shape index (κ3) is 2.58. The molecular formula is C11H18N2O2. The maximum Gasteiger partial charge on any atom is 0.111 e. The van der Waals surface area contributed by atoms with Crippen molar-refractivity contribution in [3.8, 4) is 0 Å². The average Bonchev–Trinajstić information content (AvgIpc) is 2.66. The summed E-state index contributed by atoms with van der Waals surface area (Å²) in [6.07, 6.45) is 7.03. The van der Waals surface area contributed by atoms with E-state index in [9.17, 15) is 5.11 Å². The first-order chi connectivity index (χ1) is 7.27. The molecule has 4 heteroatoms. The largest absolute Gasteiger partial charge is 0.390 e. The first-order valence-electron chi connectivity index (χ1n) is 5.53. The van der Waals surface area contributed by atoms with Crippen molar-refractivity contribution < 1.29 is 9.84 Å². The van der Waals surface area contributed by atoms with E-state index >= 15 is 0 Å². The van der Waals surface area contributed by atoms with Crippen LogP contribution in [0.15, 0.2) is 12.4 Å². The maximum atomic E-state index is 9.99. The first-order valence-corrected chi connectivity index (χ1v) is 5.53. The Hall–Kier alpha value is -0.870. The molecule has 1 fully saturated rings. The molecule has 2 unspecified atom stereocenters. The number of rotatable bonds is 3. The summed E-state index contributed by atoms with van der Waals surface area (Å²) in [6.45, 7) is 0.780. The number of nitrogens with zero attached hydrogens (tertiary/aromatic N) is 2. The van der Waals surface area contributed by atoms with E-state index in [1.54, 1.807) is 6.20 Å². The van der Waals surface area contributed by atoms with Crippen molar-refractivity contribution in [1.82, 2.24) is 9.55 Å². The molecular weight excluding hydrogens is 192 g/mol. The number of imidazole rings is 1. The van der Waals surface area contributed by atoms with E-state index in [-0.39, 0.29) is 6.10 Å². The molecule has 1 aromatic heterocycles. The summed E-state index contributed by atoms with van der Waals surface area (Å²) in [7, 11) is 1.94. The van der Waals surface area contributed by atoms with Gasteiger partial charge < -0.3 is 14.4 Å². The highest BCUT2D eigenvalue weighted by molar-refractivity contribution is 4.94. The van der Waals surface area contributed by atoms with Crippen LogP contribution in [0.1, 0.15) is 25.1 Å². The lowest BCUT2D eigenvalue weighted by Crippen LogP contribution is -2.34. The molecule has 84 valence electrons. The minimum Gasteiger partial charge on any atom is -0.390 e. The second kappa shape index (κ2) is 4.77. The SMILES string of the molecule is Cn1ccnc1CC(O)C1CCCCO1. The normalized spacial score (nSPS) is 24.0. The molecule has 0 spiro atoms. The number of hydrogen-bond donors (Lipinski definition) is 1. The van der Waals surface area contributed by atoms with Crippen LogP contribution in [-0.4, -0.2) is 33.5 Å². The number of aromatic nitrogens is 2. The number of aliphatic hydroxyl groups is 1. The fourth-order valence-electron chi connectivity index (χ4n) is 1.98. The molecule has 2 rings (SSSR count). The molecule has 1 aliphatic rings. The second-order valence-corrected chi connectivity index (χ2v) is 4.13. The van der Waals surface area contributed by atoms with Gasteiger partial charge in [0.25, 0.3) is 0 Å². The van der Waals surface area contributed by atoms with E-state index in [1.165, 1.54) is 0 Å². The highest BCUT2D eigenvalue weighted by Crippen LogP contribution is 2.17. The summed E-state index contributed by atoms with van der Waals surface area (Å²) in [6, 6.07) is 0. The zero-order valence-electron chi connectivity index (χ0n) is 9.09. The molecule has 2 atom stereocenters. The third-order valence-electron chi connectivity index (χ3n) is 2.96. The van der Waals surface area contributed by atoms with E-state index in [4.69, 9.17) is 4.74 Å². The Morgan fingerprint density at radius 2 is 2.53 bits per heavy atom. The van der Waals surface area contributed by atoms with E-state index in [0.29, 0.717) is 6.42 Å². The molecule has 1 aliphatic heterocycles. The van der Waals surface area contributed by atoms with Gasteiger partial charge in [-0.05, 0) is 19.3 Å². The van der Waals surface area contributed by atoms with Crippen molar-refractivity contribution in [1.29, 1.82) is 0 Å². The molecule has 1 saturated heterocycles. The lowest BCUT2D eigenvalue weighted by Gasteiger charge is -2.26. The van der Waals surface area contributed by atoms with Gasteiger partial charge in [0.15, 0.2) is 0 Å². The maximum absolute atomic E-state index is 9.99. The minimum absolute atomic E-state index is 0.00421. The van der Waals surface area contributed by atoms with Crippen LogP contribution in [0.25, 0.3) is 0 Å². The molecule has 1 aromatic rings. The molecule has 0 saturated carbocycles. The van der Waals surface area contributed by atoms with Crippen molar-refractivity contribution in [2.75, 3.05) is 6.61 Å². The summed E-state index contributed by atoms with van der Waals surface area (Å²) < 4.78 is 7.48. The topological polar surface area (TPSA) is 47.3 Å². The standard InChI is InChI=1S/C11H18N2O2/c1-13-6-5-12-11(13)8-9(14)10-4-2-3-7-15-10/h5-6,9-10,14H,2-4,7-8H2,1H3. The number of aryl methyl sites for hydroxylation is 1. The Balaban J connectivity index is 1.91. The fraction of sp³-hybridized carbons (Fsp3) is 0.727. The Bertz CT molecular complexity index is 305. The molecule has 0 amide bonds. The van der Waals surface area contributed by atoms with Crippen LogP contribution in [0, 0.1) is 0 Å². The highest BCUT2D eigenvalue weighted by Gasteiger charge is 2.23. The van der Waals surface area contributed by atoms with Crippen LogP contribution in [0.2, 0.25) is 0 Å². The van der Waals surface area contributed by atoms with Crippen LogP contribution in [0.3, 0.4) is 0 Å². The predicted octanol–water partition coefficient (Wildman–Crippen LogP) is 0.893. The van der Waals surface area contributed by atoms with Crippen LogP contribution in [-0.2, 0) is 18.2 Å². The molecule has 0 aromatic carbocycles. The van der Waals surface area contributed by atoms with Gasteiger partial charge in [-0.15, -0.1) is 0 Å². The zero-order chi connectivity index (χ0) is 10.7. The van der Waals surface area contributed by atoms with Crippen molar-refractivity contribution in [2.45, 2.75) is 37.9 Å². The summed E-state index contributed by atoms with van der Waals surface area (Å²) in [5.41, 5.74) is 0. The minimum atomic E-state index is -0.425. The molecule has 15 heavy (non-hydrogen) atoms. The lowest BCUT2D eigenvalue weighted by atomic mass is 10.0. The first kappa shape index (κ1) is 10.6. The van der Waals surface area contributed by atoms with Crippen molar-refractivity contribution in [3.63, 3.8) is 0 Å². The molecule has 0 radical (unpaired) electrons. The van der Waals surface area contributed by atoms with Crippen LogP contribution < -0.4 is 0 Å². The van der Waals surface area contributed by atoms with Crippen molar-refractivity contribution in [3.05, 3.63) is 18.2 Å². The Morgan fingerprint density at radius 3 is 3.13 bits per heavy atom. The Morgan fingerprint density at radius 1 is 1.67 bits per heavy atom. The van der Waals surface area contributed by atoms with Crippen molar-refractivity contribution in [2.24, 2.45) is 7.05 Å². The number of aliphatic hydroxyl groups excluding tert-OH is 1. The van der Waals surface area contributed by atoms with Gasteiger partial charge in [0.05, 0.1) is 12.2 Å². The summed E-state index contributed by atoms with van der Waals surface area (Å²) in [5, 5.41) is 9.99. The lowest BCUT2D eigenvalue weighted by molar-refractivity contribution is -0.0618. The van der Waals surface area contributed by atoms with Crippen LogP contribution in [0.5, 0.6) is 0 Å². The van der Waals surface area contributed by atoms with E-state index in [1.807, 2.05) is 17.8 Å². The zero-order valence-corrected chi connectivity index (χ0v) is 9.09. The van der Waals surface area contributed by atoms with E-state index in [0.717, 1.165) is 31.7 Å². The van der Waals surface area contributed by atoms with E-state index < -0.39 is 6.10 Å². The Kier molecular flexibility index (Phi) is 3.38. The second-order valence-electron chi connectivity index (χ2n) is 4.13. The van der Waals surface area contributed by atoms with Gasteiger partial charge >= 0.3 is 0 Å². The van der Waals surface area contributed by atoms with Gasteiger partial charge in [0.2, 0.25) is 0 Å². The Labute approximate surface area is 89.9 Å². The summed E-state index contributed by atoms with van der Waals surface area (Å²) in [4.78, 5) is 4.20. The molecule has 1 N–H and O–H groups in total. The van der Waals surface area contributed by atoms with Crippen molar-refractivity contribution >= 4 is 0 Å². The van der Waals surface area contributed by atoms with Gasteiger partial charge in [-0.25, -0.2) is 4.98 Å². The number of ether oxygens (including phenoxy) is 1. The quantitative estimate of drug-likeness (QED) is 0.806. The smallest absolute Gasteiger partial charge is 0.111 e. The summed E-state index contributed by atoms with van der Waals surface area (Å²) in [5.74, 6) is 0.914. The molecule has 2 heterocycles. The average molecular weight is 210 g/mol.